The molecule has 0 aliphatic heterocycles. The zero-order valence-corrected chi connectivity index (χ0v) is 11.7. The molecule has 3 heteroatoms. The fourth-order valence-electron chi connectivity index (χ4n) is 2.30. The van der Waals surface area contributed by atoms with Crippen LogP contribution < -0.4 is 5.32 Å². The van der Waals surface area contributed by atoms with Crippen molar-refractivity contribution in [3.63, 3.8) is 0 Å². The molecule has 0 bridgehead atoms. The quantitative estimate of drug-likeness (QED) is 0.809. The summed E-state index contributed by atoms with van der Waals surface area (Å²) in [6.45, 7) is 8.94. The summed E-state index contributed by atoms with van der Waals surface area (Å²) in [5.41, 5.74) is 0.351. The molecule has 1 N–H and O–H groups in total. The largest absolute Gasteiger partial charge is 0.314 e. The lowest BCUT2D eigenvalue weighted by molar-refractivity contribution is 0.341. The van der Waals surface area contributed by atoms with E-state index in [1.54, 1.807) is 6.07 Å². The summed E-state index contributed by atoms with van der Waals surface area (Å²) in [6, 6.07) is 4.25. The first-order valence-corrected chi connectivity index (χ1v) is 6.64. The lowest BCUT2D eigenvalue weighted by Crippen LogP contribution is -2.40. The Morgan fingerprint density at radius 1 is 1.17 bits per heavy atom. The Morgan fingerprint density at radius 2 is 1.78 bits per heavy atom. The van der Waals surface area contributed by atoms with E-state index in [1.807, 2.05) is 13.8 Å². The van der Waals surface area contributed by atoms with E-state index in [0.29, 0.717) is 18.2 Å². The molecule has 102 valence electrons. The van der Waals surface area contributed by atoms with Crippen molar-refractivity contribution >= 4 is 0 Å². The van der Waals surface area contributed by atoms with Crippen molar-refractivity contribution in [1.29, 1.82) is 0 Å². The van der Waals surface area contributed by atoms with Crippen LogP contribution in [0.5, 0.6) is 0 Å². The van der Waals surface area contributed by atoms with Crippen LogP contribution in [0.4, 0.5) is 8.78 Å². The van der Waals surface area contributed by atoms with Gasteiger partial charge in [0.05, 0.1) is 0 Å². The number of hydrogen-bond donors (Lipinski definition) is 1. The van der Waals surface area contributed by atoms with Gasteiger partial charge < -0.3 is 5.32 Å². The highest BCUT2D eigenvalue weighted by molar-refractivity contribution is 5.28. The Labute approximate surface area is 109 Å². The Balaban J connectivity index is 3.09. The molecule has 18 heavy (non-hydrogen) atoms. The average Bonchev–Trinajstić information content (AvgIpc) is 2.32. The normalized spacial score (nSPS) is 12.2. The van der Waals surface area contributed by atoms with E-state index >= 15 is 0 Å². The lowest BCUT2D eigenvalue weighted by atomic mass is 9.75. The molecule has 1 aromatic carbocycles. The zero-order valence-electron chi connectivity index (χ0n) is 11.7. The van der Waals surface area contributed by atoms with E-state index in [-0.39, 0.29) is 5.41 Å². The third-order valence-corrected chi connectivity index (χ3v) is 3.70. The predicted octanol–water partition coefficient (Wildman–Crippen LogP) is 4.02. The zero-order chi connectivity index (χ0) is 13.8. The van der Waals surface area contributed by atoms with Gasteiger partial charge in [-0.3, -0.25) is 0 Å². The average molecular weight is 255 g/mol. The Morgan fingerprint density at radius 3 is 2.22 bits per heavy atom. The highest BCUT2D eigenvalue weighted by atomic mass is 19.1. The molecule has 1 nitrogen and oxygen atoms in total. The SMILES string of the molecule is CCC(CC)(CNC(C)C)c1ccc(F)cc1F. The van der Waals surface area contributed by atoms with Crippen LogP contribution in [0.3, 0.4) is 0 Å². The van der Waals surface area contributed by atoms with Crippen molar-refractivity contribution in [3.05, 3.63) is 35.4 Å². The van der Waals surface area contributed by atoms with Crippen LogP contribution in [-0.2, 0) is 5.41 Å². The van der Waals surface area contributed by atoms with Gasteiger partial charge in [-0.1, -0.05) is 33.8 Å². The van der Waals surface area contributed by atoms with Gasteiger partial charge in [-0.05, 0) is 24.5 Å². The van der Waals surface area contributed by atoms with Crippen LogP contribution in [0, 0.1) is 11.6 Å². The van der Waals surface area contributed by atoms with Gasteiger partial charge >= 0.3 is 0 Å². The minimum atomic E-state index is -0.519. The van der Waals surface area contributed by atoms with Crippen molar-refractivity contribution in [3.8, 4) is 0 Å². The van der Waals surface area contributed by atoms with E-state index in [4.69, 9.17) is 0 Å². The van der Waals surface area contributed by atoms with Gasteiger partial charge in [0, 0.05) is 24.1 Å². The van der Waals surface area contributed by atoms with Crippen molar-refractivity contribution < 1.29 is 8.78 Å². The lowest BCUT2D eigenvalue weighted by Gasteiger charge is -2.34. The molecule has 0 aliphatic rings. The summed E-state index contributed by atoms with van der Waals surface area (Å²) < 4.78 is 27.0. The van der Waals surface area contributed by atoms with Crippen molar-refractivity contribution in [2.24, 2.45) is 0 Å². The van der Waals surface area contributed by atoms with Gasteiger partial charge in [0.2, 0.25) is 0 Å². The van der Waals surface area contributed by atoms with E-state index in [0.717, 1.165) is 18.9 Å². The topological polar surface area (TPSA) is 12.0 Å². The standard InChI is InChI=1S/C15H23F2N/c1-5-15(6-2,10-18-11(3)4)13-8-7-12(16)9-14(13)17/h7-9,11,18H,5-6,10H2,1-4H3. The molecule has 0 aliphatic carbocycles. The van der Waals surface area contributed by atoms with Crippen LogP contribution in [0.25, 0.3) is 0 Å². The molecule has 0 spiro atoms. The molecule has 0 heterocycles. The maximum atomic E-state index is 14.0. The van der Waals surface area contributed by atoms with E-state index in [1.165, 1.54) is 6.07 Å². The van der Waals surface area contributed by atoms with Crippen LogP contribution in [-0.4, -0.2) is 12.6 Å². The van der Waals surface area contributed by atoms with E-state index in [2.05, 4.69) is 19.2 Å². The molecule has 0 saturated heterocycles. The number of benzene rings is 1. The minimum absolute atomic E-state index is 0.262. The maximum absolute atomic E-state index is 14.0. The Kier molecular flexibility index (Phi) is 5.27. The summed E-state index contributed by atoms with van der Waals surface area (Å²) in [5.74, 6) is -0.960. The second-order valence-electron chi connectivity index (χ2n) is 5.15. The monoisotopic (exact) mass is 255 g/mol. The molecule has 0 fully saturated rings. The molecule has 0 unspecified atom stereocenters. The third kappa shape index (κ3) is 3.29. The molecule has 0 saturated carbocycles. The van der Waals surface area contributed by atoms with Crippen LogP contribution in [0.2, 0.25) is 0 Å². The number of rotatable bonds is 6. The smallest absolute Gasteiger partial charge is 0.129 e. The van der Waals surface area contributed by atoms with Crippen LogP contribution in [0.15, 0.2) is 18.2 Å². The summed E-state index contributed by atoms with van der Waals surface area (Å²) in [5, 5.41) is 3.37. The molecular formula is C15H23F2N. The summed E-state index contributed by atoms with van der Waals surface area (Å²) in [4.78, 5) is 0. The highest BCUT2D eigenvalue weighted by Gasteiger charge is 2.31. The summed E-state index contributed by atoms with van der Waals surface area (Å²) in [7, 11) is 0. The molecular weight excluding hydrogens is 232 g/mol. The van der Waals surface area contributed by atoms with Gasteiger partial charge in [0.25, 0.3) is 0 Å². The first kappa shape index (κ1) is 15.1. The highest BCUT2D eigenvalue weighted by Crippen LogP contribution is 2.33. The fourth-order valence-corrected chi connectivity index (χ4v) is 2.30. The summed E-state index contributed by atoms with van der Waals surface area (Å²) in [6.07, 6.45) is 1.65. The van der Waals surface area contributed by atoms with Crippen molar-refractivity contribution in [2.75, 3.05) is 6.54 Å². The van der Waals surface area contributed by atoms with Crippen molar-refractivity contribution in [1.82, 2.24) is 5.32 Å². The van der Waals surface area contributed by atoms with Gasteiger partial charge in [-0.25, -0.2) is 8.78 Å². The second kappa shape index (κ2) is 6.28. The van der Waals surface area contributed by atoms with Crippen molar-refractivity contribution in [2.45, 2.75) is 52.0 Å². The number of hydrogen-bond acceptors (Lipinski definition) is 1. The molecule has 0 aromatic heterocycles. The second-order valence-corrected chi connectivity index (χ2v) is 5.15. The number of nitrogens with one attached hydrogen (secondary N) is 1. The Bertz CT molecular complexity index is 384. The Hall–Kier alpha value is -0.960. The van der Waals surface area contributed by atoms with E-state index < -0.39 is 11.6 Å². The molecule has 1 aromatic rings. The number of halogens is 2. The maximum Gasteiger partial charge on any atom is 0.129 e. The van der Waals surface area contributed by atoms with Gasteiger partial charge in [-0.15, -0.1) is 0 Å². The molecule has 0 radical (unpaired) electrons. The molecule has 0 amide bonds. The summed E-state index contributed by atoms with van der Waals surface area (Å²) >= 11 is 0. The van der Waals surface area contributed by atoms with Crippen LogP contribution in [0.1, 0.15) is 46.1 Å². The minimum Gasteiger partial charge on any atom is -0.314 e. The fraction of sp³-hybridized carbons (Fsp3) is 0.600. The van der Waals surface area contributed by atoms with Gasteiger partial charge in [-0.2, -0.15) is 0 Å². The predicted molar refractivity (Wildman–Crippen MR) is 71.8 cm³/mol. The first-order valence-electron chi connectivity index (χ1n) is 6.64. The molecule has 0 atom stereocenters. The molecule has 1 rings (SSSR count). The van der Waals surface area contributed by atoms with Crippen LogP contribution >= 0.6 is 0 Å². The van der Waals surface area contributed by atoms with E-state index in [9.17, 15) is 8.78 Å². The van der Waals surface area contributed by atoms with Gasteiger partial charge in [0.15, 0.2) is 0 Å². The van der Waals surface area contributed by atoms with Gasteiger partial charge in [0.1, 0.15) is 11.6 Å². The first-order chi connectivity index (χ1) is 8.45. The third-order valence-electron chi connectivity index (χ3n) is 3.70.